The summed E-state index contributed by atoms with van der Waals surface area (Å²) in [5, 5.41) is 19.0. The van der Waals surface area contributed by atoms with Gasteiger partial charge in [0, 0.05) is 0 Å². The molecule has 0 fully saturated rings. The Hall–Kier alpha value is -2.28. The van der Waals surface area contributed by atoms with Crippen molar-refractivity contribution in [2.75, 3.05) is 6.61 Å². The number of halogens is 1. The molecule has 5 nitrogen and oxygen atoms in total. The van der Waals surface area contributed by atoms with Crippen LogP contribution in [0, 0.1) is 0 Å². The monoisotopic (exact) mass is 348 g/mol. The second kappa shape index (κ2) is 9.88. The maximum absolute atomic E-state index is 14.0. The van der Waals surface area contributed by atoms with Gasteiger partial charge in [0.05, 0.1) is 19.8 Å². The van der Waals surface area contributed by atoms with E-state index >= 15 is 0 Å². The number of ether oxygens (including phenoxy) is 2. The number of carboxylic acids is 1. The number of hydrogen-bond acceptors (Lipinski definition) is 4. The van der Waals surface area contributed by atoms with Gasteiger partial charge in [-0.1, -0.05) is 60.7 Å². The highest BCUT2D eigenvalue weighted by Gasteiger charge is 2.35. The second-order valence-electron chi connectivity index (χ2n) is 5.57. The molecule has 0 aliphatic heterocycles. The Kier molecular flexibility index (Phi) is 7.53. The first-order chi connectivity index (χ1) is 12.1. The van der Waals surface area contributed by atoms with E-state index in [0.29, 0.717) is 0 Å². The van der Waals surface area contributed by atoms with Gasteiger partial charge < -0.3 is 19.7 Å². The first-order valence-electron chi connectivity index (χ1n) is 7.90. The topological polar surface area (TPSA) is 76.0 Å². The molecular weight excluding hydrogens is 327 g/mol. The van der Waals surface area contributed by atoms with Gasteiger partial charge in [0.25, 0.3) is 0 Å². The fourth-order valence-electron chi connectivity index (χ4n) is 2.26. The number of aliphatic carboxylic acids is 1. The smallest absolute Gasteiger partial charge is 0.341 e. The summed E-state index contributed by atoms with van der Waals surface area (Å²) in [4.78, 5) is 10.9. The zero-order valence-corrected chi connectivity index (χ0v) is 13.6. The van der Waals surface area contributed by atoms with Crippen LogP contribution in [0.15, 0.2) is 60.7 Å². The molecule has 0 radical (unpaired) electrons. The Morgan fingerprint density at radius 1 is 0.960 bits per heavy atom. The third-order valence-corrected chi connectivity index (χ3v) is 3.59. The minimum Gasteiger partial charge on any atom is -0.479 e. The normalized spacial score (nSPS) is 14.6. The van der Waals surface area contributed by atoms with Gasteiger partial charge in [0.2, 0.25) is 6.17 Å². The summed E-state index contributed by atoms with van der Waals surface area (Å²) in [5.74, 6) is -1.68. The molecule has 0 saturated heterocycles. The number of aliphatic hydroxyl groups excluding tert-OH is 1. The van der Waals surface area contributed by atoms with E-state index < -0.39 is 24.3 Å². The Labute approximate surface area is 145 Å². The van der Waals surface area contributed by atoms with Gasteiger partial charge in [0.1, 0.15) is 12.2 Å². The van der Waals surface area contributed by atoms with Gasteiger partial charge in [-0.15, -0.1) is 0 Å². The maximum Gasteiger partial charge on any atom is 0.341 e. The molecule has 0 amide bonds. The highest BCUT2D eigenvalue weighted by Crippen LogP contribution is 2.14. The Morgan fingerprint density at radius 2 is 1.48 bits per heavy atom. The van der Waals surface area contributed by atoms with E-state index in [1.54, 1.807) is 24.3 Å². The van der Waals surface area contributed by atoms with E-state index in [9.17, 15) is 14.3 Å². The predicted molar refractivity (Wildman–Crippen MR) is 89.7 cm³/mol. The fraction of sp³-hybridized carbons (Fsp3) is 0.316. The third-order valence-electron chi connectivity index (χ3n) is 3.59. The zero-order valence-electron chi connectivity index (χ0n) is 13.6. The lowest BCUT2D eigenvalue weighted by atomic mass is 10.1. The molecule has 2 aromatic rings. The fourth-order valence-corrected chi connectivity index (χ4v) is 2.26. The van der Waals surface area contributed by atoms with Crippen molar-refractivity contribution >= 4 is 5.97 Å². The number of rotatable bonds is 10. The summed E-state index contributed by atoms with van der Waals surface area (Å²) in [6, 6.07) is 18.2. The number of aliphatic hydroxyl groups is 1. The number of carbonyl (C=O) groups is 1. The Bertz CT molecular complexity index is 635. The van der Waals surface area contributed by atoms with Crippen molar-refractivity contribution in [3.8, 4) is 0 Å². The number of alkyl halides is 1. The SMILES string of the molecule is O=C(O)[C@@H](F)[C@H](OCc1ccccc1)[C@H](O)COCc1ccccc1. The lowest BCUT2D eigenvalue weighted by Gasteiger charge is -2.24. The van der Waals surface area contributed by atoms with Crippen molar-refractivity contribution in [3.05, 3.63) is 71.8 Å². The summed E-state index contributed by atoms with van der Waals surface area (Å²) in [7, 11) is 0. The second-order valence-corrected chi connectivity index (χ2v) is 5.57. The number of hydrogen-bond donors (Lipinski definition) is 2. The highest BCUT2D eigenvalue weighted by molar-refractivity contribution is 5.73. The van der Waals surface area contributed by atoms with Crippen molar-refractivity contribution in [2.45, 2.75) is 31.6 Å². The lowest BCUT2D eigenvalue weighted by molar-refractivity contribution is -0.159. The molecule has 0 bridgehead atoms. The molecule has 2 aromatic carbocycles. The van der Waals surface area contributed by atoms with E-state index in [2.05, 4.69) is 0 Å². The molecule has 0 unspecified atom stereocenters. The summed E-state index contributed by atoms with van der Waals surface area (Å²) < 4.78 is 24.6. The average Bonchev–Trinajstić information content (AvgIpc) is 2.63. The number of benzene rings is 2. The minimum absolute atomic E-state index is 0.00501. The van der Waals surface area contributed by atoms with Crippen LogP contribution in [-0.2, 0) is 27.5 Å². The van der Waals surface area contributed by atoms with E-state index in [0.717, 1.165) is 11.1 Å². The number of carboxylic acid groups (broad SMARTS) is 1. The van der Waals surface area contributed by atoms with E-state index in [-0.39, 0.29) is 19.8 Å². The van der Waals surface area contributed by atoms with E-state index in [1.807, 2.05) is 36.4 Å². The Morgan fingerprint density at radius 3 is 2.00 bits per heavy atom. The highest BCUT2D eigenvalue weighted by atomic mass is 19.1. The summed E-state index contributed by atoms with van der Waals surface area (Å²) in [5.41, 5.74) is 1.65. The quantitative estimate of drug-likeness (QED) is 0.690. The van der Waals surface area contributed by atoms with Gasteiger partial charge in [-0.25, -0.2) is 9.18 Å². The largest absolute Gasteiger partial charge is 0.479 e. The van der Waals surface area contributed by atoms with Gasteiger partial charge >= 0.3 is 5.97 Å². The van der Waals surface area contributed by atoms with Crippen LogP contribution in [0.5, 0.6) is 0 Å². The Balaban J connectivity index is 1.90. The first-order valence-corrected chi connectivity index (χ1v) is 7.90. The molecular formula is C19H21FO5. The lowest BCUT2D eigenvalue weighted by Crippen LogP contribution is -2.43. The molecule has 6 heteroatoms. The average molecular weight is 348 g/mol. The summed E-state index contributed by atoms with van der Waals surface area (Å²) >= 11 is 0. The molecule has 0 spiro atoms. The van der Waals surface area contributed by atoms with Crippen molar-refractivity contribution in [3.63, 3.8) is 0 Å². The maximum atomic E-state index is 14.0. The molecule has 2 rings (SSSR count). The molecule has 25 heavy (non-hydrogen) atoms. The van der Waals surface area contributed by atoms with Crippen molar-refractivity contribution in [1.82, 2.24) is 0 Å². The predicted octanol–water partition coefficient (Wildman–Crippen LogP) is 2.57. The van der Waals surface area contributed by atoms with Crippen molar-refractivity contribution in [1.29, 1.82) is 0 Å². The molecule has 0 aliphatic carbocycles. The molecule has 0 aliphatic rings. The first kappa shape index (κ1) is 19.1. The molecule has 0 aromatic heterocycles. The summed E-state index contributed by atoms with van der Waals surface area (Å²) in [6.45, 7) is -0.00959. The van der Waals surface area contributed by atoms with Crippen LogP contribution in [0.1, 0.15) is 11.1 Å². The zero-order chi connectivity index (χ0) is 18.1. The van der Waals surface area contributed by atoms with Gasteiger partial charge in [-0.05, 0) is 11.1 Å². The van der Waals surface area contributed by atoms with E-state index in [1.165, 1.54) is 0 Å². The van der Waals surface area contributed by atoms with Crippen LogP contribution >= 0.6 is 0 Å². The van der Waals surface area contributed by atoms with Crippen molar-refractivity contribution < 1.29 is 28.9 Å². The van der Waals surface area contributed by atoms with Crippen LogP contribution in [0.3, 0.4) is 0 Å². The molecule has 2 N–H and O–H groups in total. The van der Waals surface area contributed by atoms with Crippen LogP contribution in [0.25, 0.3) is 0 Å². The minimum atomic E-state index is -2.35. The van der Waals surface area contributed by atoms with Gasteiger partial charge in [-0.2, -0.15) is 0 Å². The van der Waals surface area contributed by atoms with E-state index in [4.69, 9.17) is 14.6 Å². The summed E-state index contributed by atoms with van der Waals surface area (Å²) in [6.07, 6.45) is -5.27. The molecule has 3 atom stereocenters. The van der Waals surface area contributed by atoms with Gasteiger partial charge in [0.15, 0.2) is 0 Å². The van der Waals surface area contributed by atoms with Gasteiger partial charge in [-0.3, -0.25) is 0 Å². The molecule has 0 saturated carbocycles. The third kappa shape index (κ3) is 6.26. The van der Waals surface area contributed by atoms with Crippen LogP contribution < -0.4 is 0 Å². The van der Waals surface area contributed by atoms with Crippen molar-refractivity contribution in [2.24, 2.45) is 0 Å². The van der Waals surface area contributed by atoms with Crippen LogP contribution in [-0.4, -0.2) is 41.2 Å². The molecule has 134 valence electrons. The standard InChI is InChI=1S/C19H21FO5/c20-17(19(22)23)18(25-12-15-9-5-2-6-10-15)16(21)13-24-11-14-7-3-1-4-8-14/h1-10,16-18,21H,11-13H2,(H,22,23)/t16-,17+,18-/m1/s1. The van der Waals surface area contributed by atoms with Crippen LogP contribution in [0.2, 0.25) is 0 Å². The molecule has 0 heterocycles. The van der Waals surface area contributed by atoms with Crippen LogP contribution in [0.4, 0.5) is 4.39 Å².